The number of hydrogen-bond donors (Lipinski definition) is 3. The molecule has 0 saturated heterocycles. The van der Waals surface area contributed by atoms with Crippen LogP contribution < -0.4 is 25.4 Å². The fraction of sp³-hybridized carbons (Fsp3) is 0.0789. The van der Waals surface area contributed by atoms with E-state index in [1.54, 1.807) is 73.8 Å². The van der Waals surface area contributed by atoms with Gasteiger partial charge in [0.05, 0.1) is 19.9 Å². The van der Waals surface area contributed by atoms with Gasteiger partial charge in [-0.1, -0.05) is 84.9 Å². The van der Waals surface area contributed by atoms with Gasteiger partial charge in [0.15, 0.2) is 0 Å². The van der Waals surface area contributed by atoms with E-state index >= 15 is 0 Å². The van der Waals surface area contributed by atoms with Crippen LogP contribution in [0.4, 0.5) is 11.4 Å². The first-order valence-electron chi connectivity index (χ1n) is 14.7. The number of ether oxygens (including phenoxy) is 2. The van der Waals surface area contributed by atoms with Gasteiger partial charge in [-0.2, -0.15) is 0 Å². The predicted octanol–water partition coefficient (Wildman–Crippen LogP) is 7.59. The molecule has 0 radical (unpaired) electrons. The summed E-state index contributed by atoms with van der Waals surface area (Å²) in [6, 6.07) is 39.8. The Balaban J connectivity index is 1.37. The molecule has 5 rings (SSSR count). The average molecular weight is 644 g/mol. The molecule has 0 aliphatic carbocycles. The Morgan fingerprint density at radius 2 is 1.38 bits per heavy atom. The first kappa shape index (κ1) is 32.6. The molecule has 0 aliphatic rings. The van der Waals surface area contributed by atoms with E-state index in [1.807, 2.05) is 72.8 Å². The lowest BCUT2D eigenvalue weighted by atomic mass is 10.1. The quantitative estimate of drug-likeness (QED) is 0.0956. The lowest BCUT2D eigenvalue weighted by Gasteiger charge is -2.19. The topological polar surface area (TPSA) is 106 Å². The molecule has 5 aromatic rings. The van der Waals surface area contributed by atoms with Gasteiger partial charge >= 0.3 is 0 Å². The van der Waals surface area contributed by atoms with Crippen LogP contribution >= 0.6 is 11.8 Å². The summed E-state index contributed by atoms with van der Waals surface area (Å²) in [6.45, 7) is 0. The van der Waals surface area contributed by atoms with Crippen LogP contribution in [0.2, 0.25) is 0 Å². The van der Waals surface area contributed by atoms with Crippen LogP contribution in [0.5, 0.6) is 11.5 Å². The van der Waals surface area contributed by atoms with Crippen molar-refractivity contribution in [2.75, 3.05) is 24.9 Å². The van der Waals surface area contributed by atoms with Crippen LogP contribution in [-0.4, -0.2) is 31.9 Å². The summed E-state index contributed by atoms with van der Waals surface area (Å²) in [5.74, 6) is -0.0791. The smallest absolute Gasteiger partial charge is 0.272 e. The molecule has 0 saturated carbocycles. The van der Waals surface area contributed by atoms with Crippen LogP contribution in [0.25, 0.3) is 6.08 Å². The molecule has 47 heavy (non-hydrogen) atoms. The van der Waals surface area contributed by atoms with E-state index in [0.717, 1.165) is 16.0 Å². The van der Waals surface area contributed by atoms with E-state index in [1.165, 1.54) is 18.9 Å². The summed E-state index contributed by atoms with van der Waals surface area (Å²) in [6.07, 6.45) is 1.62. The van der Waals surface area contributed by atoms with Gasteiger partial charge in [-0.25, -0.2) is 0 Å². The molecule has 9 heteroatoms. The molecular weight excluding hydrogens is 611 g/mol. The first-order chi connectivity index (χ1) is 22.9. The second-order valence-electron chi connectivity index (χ2n) is 10.2. The highest BCUT2D eigenvalue weighted by atomic mass is 32.2. The highest BCUT2D eigenvalue weighted by molar-refractivity contribution is 8.00. The minimum atomic E-state index is -0.632. The summed E-state index contributed by atoms with van der Waals surface area (Å²) < 4.78 is 10.8. The minimum Gasteiger partial charge on any atom is -0.497 e. The van der Waals surface area contributed by atoms with Crippen molar-refractivity contribution in [3.63, 3.8) is 0 Å². The summed E-state index contributed by atoms with van der Waals surface area (Å²) in [5, 5.41) is 8.02. The largest absolute Gasteiger partial charge is 0.497 e. The highest BCUT2D eigenvalue weighted by Gasteiger charge is 2.24. The number of methoxy groups -OCH3 is 2. The van der Waals surface area contributed by atoms with Gasteiger partial charge < -0.3 is 25.4 Å². The van der Waals surface area contributed by atoms with Crippen LogP contribution in [0, 0.1) is 0 Å². The highest BCUT2D eigenvalue weighted by Crippen LogP contribution is 2.38. The Bertz CT molecular complexity index is 1870. The molecule has 0 aromatic heterocycles. The second kappa shape index (κ2) is 16.0. The minimum absolute atomic E-state index is 0.0816. The molecule has 0 bridgehead atoms. The summed E-state index contributed by atoms with van der Waals surface area (Å²) >= 11 is 1.34. The van der Waals surface area contributed by atoms with Crippen LogP contribution in [0.15, 0.2) is 144 Å². The Morgan fingerprint density at radius 1 is 0.702 bits per heavy atom. The number of hydrogen-bond acceptors (Lipinski definition) is 6. The lowest BCUT2D eigenvalue weighted by molar-refractivity contribution is -0.116. The van der Waals surface area contributed by atoms with Gasteiger partial charge in [-0.3, -0.25) is 14.4 Å². The van der Waals surface area contributed by atoms with E-state index in [-0.39, 0.29) is 11.6 Å². The third-order valence-electron chi connectivity index (χ3n) is 6.99. The SMILES string of the molecule is COc1ccc(NC(=O)C(Sc2cccc(NC(=O)/C(=C/c3ccccc3)NC(=O)c3ccccc3)c2)c2ccccc2)c(OC)c1. The van der Waals surface area contributed by atoms with Crippen LogP contribution in [-0.2, 0) is 9.59 Å². The molecule has 0 spiro atoms. The molecule has 5 aromatic carbocycles. The molecule has 236 valence electrons. The van der Waals surface area contributed by atoms with E-state index in [2.05, 4.69) is 16.0 Å². The number of carbonyl (C=O) groups is 3. The zero-order chi connectivity index (χ0) is 33.0. The van der Waals surface area contributed by atoms with Crippen LogP contribution in [0.1, 0.15) is 26.7 Å². The number of amides is 3. The van der Waals surface area contributed by atoms with Gasteiger partial charge in [0.25, 0.3) is 11.8 Å². The Kier molecular flexibility index (Phi) is 11.1. The molecule has 0 heterocycles. The van der Waals surface area contributed by atoms with Gasteiger partial charge in [0, 0.05) is 22.2 Å². The second-order valence-corrected chi connectivity index (χ2v) is 11.4. The first-order valence-corrected chi connectivity index (χ1v) is 15.6. The number of thioether (sulfide) groups is 1. The molecule has 3 N–H and O–H groups in total. The molecule has 1 unspecified atom stereocenters. The number of nitrogens with one attached hydrogen (secondary N) is 3. The molecule has 1 atom stereocenters. The standard InChI is InChI=1S/C38H33N3O5S/c1-45-30-21-22-32(34(25-30)46-2)40-38(44)35(27-15-8-4-9-16-27)47-31-20-12-19-29(24-31)39-37(43)33(23-26-13-6-3-7-14-26)41-36(42)28-17-10-5-11-18-28/h3-25,35H,1-2H3,(H,39,43)(H,40,44)(H,41,42)/b33-23-. The number of benzene rings is 5. The lowest BCUT2D eigenvalue weighted by Crippen LogP contribution is -2.30. The van der Waals surface area contributed by atoms with Crippen LogP contribution in [0.3, 0.4) is 0 Å². The molecular formula is C38H33N3O5S. The van der Waals surface area contributed by atoms with Gasteiger partial charge in [-0.15, -0.1) is 11.8 Å². The normalized spacial score (nSPS) is 11.6. The fourth-order valence-electron chi connectivity index (χ4n) is 4.64. The van der Waals surface area contributed by atoms with Crippen molar-refractivity contribution in [2.45, 2.75) is 10.1 Å². The van der Waals surface area contributed by atoms with E-state index < -0.39 is 17.1 Å². The van der Waals surface area contributed by atoms with Gasteiger partial charge in [0.2, 0.25) is 5.91 Å². The Hall–Kier alpha value is -5.80. The third kappa shape index (κ3) is 8.90. The van der Waals surface area contributed by atoms with Crippen molar-refractivity contribution in [1.82, 2.24) is 5.32 Å². The Morgan fingerprint density at radius 3 is 2.06 bits per heavy atom. The van der Waals surface area contributed by atoms with Crippen molar-refractivity contribution in [1.29, 1.82) is 0 Å². The maximum Gasteiger partial charge on any atom is 0.272 e. The molecule has 8 nitrogen and oxygen atoms in total. The van der Waals surface area contributed by atoms with Crippen molar-refractivity contribution in [2.24, 2.45) is 0 Å². The van der Waals surface area contributed by atoms with E-state index in [9.17, 15) is 14.4 Å². The van der Waals surface area contributed by atoms with E-state index in [0.29, 0.717) is 28.4 Å². The molecule has 0 fully saturated rings. The maximum absolute atomic E-state index is 13.7. The predicted molar refractivity (Wildman–Crippen MR) is 187 cm³/mol. The number of carbonyl (C=O) groups excluding carboxylic acids is 3. The van der Waals surface area contributed by atoms with E-state index in [4.69, 9.17) is 9.47 Å². The maximum atomic E-state index is 13.7. The fourth-order valence-corrected chi connectivity index (χ4v) is 5.72. The zero-order valence-electron chi connectivity index (χ0n) is 25.8. The molecule has 3 amide bonds. The van der Waals surface area contributed by atoms with Crippen molar-refractivity contribution in [3.05, 3.63) is 156 Å². The van der Waals surface area contributed by atoms with Gasteiger partial charge in [-0.05, 0) is 59.7 Å². The Labute approximate surface area is 277 Å². The number of anilines is 2. The zero-order valence-corrected chi connectivity index (χ0v) is 26.6. The third-order valence-corrected chi connectivity index (χ3v) is 8.24. The molecule has 0 aliphatic heterocycles. The number of rotatable bonds is 12. The average Bonchev–Trinajstić information content (AvgIpc) is 3.11. The summed E-state index contributed by atoms with van der Waals surface area (Å²) in [5.41, 5.74) is 3.07. The van der Waals surface area contributed by atoms with Crippen molar-refractivity contribution < 1.29 is 23.9 Å². The monoisotopic (exact) mass is 643 g/mol. The summed E-state index contributed by atoms with van der Waals surface area (Å²) in [7, 11) is 3.09. The summed E-state index contributed by atoms with van der Waals surface area (Å²) in [4.78, 5) is 41.1. The van der Waals surface area contributed by atoms with Crippen molar-refractivity contribution in [3.8, 4) is 11.5 Å². The van der Waals surface area contributed by atoms with Gasteiger partial charge in [0.1, 0.15) is 22.4 Å². The van der Waals surface area contributed by atoms with Crippen molar-refractivity contribution >= 4 is 46.9 Å².